The van der Waals surface area contributed by atoms with E-state index in [2.05, 4.69) is 4.98 Å². The lowest BCUT2D eigenvalue weighted by Gasteiger charge is -2.01. The zero-order chi connectivity index (χ0) is 11.1. The molecule has 0 aromatic carbocycles. The molecule has 1 aromatic rings. The van der Waals surface area contributed by atoms with E-state index in [1.807, 2.05) is 38.1 Å². The molecule has 1 aromatic heterocycles. The summed E-state index contributed by atoms with van der Waals surface area (Å²) in [4.78, 5) is 3.78. The second-order valence-corrected chi connectivity index (χ2v) is 3.95. The predicted molar refractivity (Wildman–Crippen MR) is 63.5 cm³/mol. The first kappa shape index (κ1) is 12.0. The summed E-state index contributed by atoms with van der Waals surface area (Å²) in [5.74, 6) is 0.394. The number of hydrogen-bond donors (Lipinski definition) is 0. The van der Waals surface area contributed by atoms with Crippen molar-refractivity contribution in [1.29, 1.82) is 0 Å². The fourth-order valence-corrected chi connectivity index (χ4v) is 1.97. The number of rotatable bonds is 4. The third-order valence-electron chi connectivity index (χ3n) is 1.83. The van der Waals surface area contributed by atoms with Crippen LogP contribution in [0.2, 0.25) is 0 Å². The molecule has 0 unspecified atom stereocenters. The number of pyridine rings is 1. The minimum absolute atomic E-state index is 0.423. The quantitative estimate of drug-likeness (QED) is 0.437. The molecule has 0 radical (unpaired) electrons. The highest BCUT2D eigenvalue weighted by molar-refractivity contribution is 7.99. The molecule has 0 saturated heterocycles. The monoisotopic (exact) mass is 223 g/mol. The molecule has 15 heavy (non-hydrogen) atoms. The van der Waals surface area contributed by atoms with Crippen molar-refractivity contribution in [2.75, 3.05) is 5.75 Å². The van der Waals surface area contributed by atoms with Gasteiger partial charge in [-0.2, -0.15) is 4.39 Å². The van der Waals surface area contributed by atoms with E-state index in [1.54, 1.807) is 6.07 Å². The molecular weight excluding hydrogens is 209 g/mol. The molecule has 0 aliphatic carbocycles. The lowest BCUT2D eigenvalue weighted by molar-refractivity contribution is 0.572. The average molecular weight is 223 g/mol. The molecule has 0 saturated carbocycles. The van der Waals surface area contributed by atoms with Crippen LogP contribution in [0, 0.1) is 5.95 Å². The van der Waals surface area contributed by atoms with Crippen LogP contribution >= 0.6 is 11.8 Å². The van der Waals surface area contributed by atoms with Gasteiger partial charge < -0.3 is 0 Å². The SMILES string of the molecule is C/C=C\C(=C/C)CSc1cccc(F)n1. The van der Waals surface area contributed by atoms with E-state index >= 15 is 0 Å². The van der Waals surface area contributed by atoms with Crippen molar-refractivity contribution < 1.29 is 4.39 Å². The fraction of sp³-hybridized carbons (Fsp3) is 0.250. The molecule has 1 heterocycles. The molecule has 0 bridgehead atoms. The van der Waals surface area contributed by atoms with Gasteiger partial charge in [-0.25, -0.2) is 4.98 Å². The zero-order valence-electron chi connectivity index (χ0n) is 8.90. The van der Waals surface area contributed by atoms with Gasteiger partial charge in [0, 0.05) is 5.75 Å². The van der Waals surface area contributed by atoms with Gasteiger partial charge in [0.1, 0.15) is 0 Å². The Morgan fingerprint density at radius 2 is 2.27 bits per heavy atom. The Labute approximate surface area is 94.1 Å². The van der Waals surface area contributed by atoms with Crippen molar-refractivity contribution in [3.05, 3.63) is 47.9 Å². The number of halogens is 1. The van der Waals surface area contributed by atoms with Gasteiger partial charge in [-0.15, -0.1) is 11.8 Å². The zero-order valence-corrected chi connectivity index (χ0v) is 9.72. The second kappa shape index (κ2) is 6.40. The van der Waals surface area contributed by atoms with Crippen LogP contribution in [0.15, 0.2) is 47.0 Å². The van der Waals surface area contributed by atoms with Crippen LogP contribution in [-0.2, 0) is 0 Å². The van der Waals surface area contributed by atoms with E-state index in [-0.39, 0.29) is 0 Å². The van der Waals surface area contributed by atoms with Gasteiger partial charge in [0.05, 0.1) is 5.03 Å². The molecule has 1 nitrogen and oxygen atoms in total. The van der Waals surface area contributed by atoms with Crippen molar-refractivity contribution in [2.24, 2.45) is 0 Å². The van der Waals surface area contributed by atoms with Gasteiger partial charge in [0.2, 0.25) is 5.95 Å². The van der Waals surface area contributed by atoms with Crippen molar-refractivity contribution in [2.45, 2.75) is 18.9 Å². The van der Waals surface area contributed by atoms with E-state index in [4.69, 9.17) is 0 Å². The van der Waals surface area contributed by atoms with Gasteiger partial charge in [0.15, 0.2) is 0 Å². The maximum absolute atomic E-state index is 12.8. The Morgan fingerprint density at radius 1 is 1.47 bits per heavy atom. The van der Waals surface area contributed by atoms with E-state index < -0.39 is 5.95 Å². The number of aromatic nitrogens is 1. The molecule has 1 rings (SSSR count). The minimum Gasteiger partial charge on any atom is -0.213 e. The molecule has 0 amide bonds. The van der Waals surface area contributed by atoms with Crippen molar-refractivity contribution in [3.8, 4) is 0 Å². The Kier molecular flexibility index (Phi) is 5.12. The van der Waals surface area contributed by atoms with Gasteiger partial charge >= 0.3 is 0 Å². The van der Waals surface area contributed by atoms with Crippen LogP contribution < -0.4 is 0 Å². The summed E-state index contributed by atoms with van der Waals surface area (Å²) < 4.78 is 12.8. The number of thioether (sulfide) groups is 1. The predicted octanol–water partition coefficient (Wildman–Crippen LogP) is 3.84. The summed E-state index contributed by atoms with van der Waals surface area (Å²) in [5, 5.41) is 0.721. The first-order valence-corrected chi connectivity index (χ1v) is 5.78. The molecular formula is C12H14FNS. The molecule has 0 spiro atoms. The van der Waals surface area contributed by atoms with Crippen molar-refractivity contribution in [3.63, 3.8) is 0 Å². The first-order chi connectivity index (χ1) is 7.26. The van der Waals surface area contributed by atoms with Crippen LogP contribution in [0.3, 0.4) is 0 Å². The van der Waals surface area contributed by atoms with Crippen LogP contribution in [0.5, 0.6) is 0 Å². The summed E-state index contributed by atoms with van der Waals surface area (Å²) in [6.07, 6.45) is 6.09. The fourth-order valence-electron chi connectivity index (χ4n) is 1.07. The summed E-state index contributed by atoms with van der Waals surface area (Å²) >= 11 is 1.54. The van der Waals surface area contributed by atoms with Crippen LogP contribution in [0.1, 0.15) is 13.8 Å². The third-order valence-corrected chi connectivity index (χ3v) is 2.83. The average Bonchev–Trinajstić information content (AvgIpc) is 2.24. The number of hydrogen-bond acceptors (Lipinski definition) is 2. The van der Waals surface area contributed by atoms with E-state index in [1.165, 1.54) is 23.4 Å². The Hall–Kier alpha value is -1.09. The van der Waals surface area contributed by atoms with E-state index in [9.17, 15) is 4.39 Å². The van der Waals surface area contributed by atoms with Crippen LogP contribution in [0.4, 0.5) is 4.39 Å². The third kappa shape index (κ3) is 4.30. The molecule has 80 valence electrons. The van der Waals surface area contributed by atoms with Crippen molar-refractivity contribution in [1.82, 2.24) is 4.98 Å². The van der Waals surface area contributed by atoms with Crippen LogP contribution in [0.25, 0.3) is 0 Å². The maximum Gasteiger partial charge on any atom is 0.213 e. The molecule has 0 N–H and O–H groups in total. The maximum atomic E-state index is 12.8. The summed E-state index contributed by atoms with van der Waals surface area (Å²) in [7, 11) is 0. The smallest absolute Gasteiger partial charge is 0.213 e. The number of allylic oxidation sites excluding steroid dienone is 3. The van der Waals surface area contributed by atoms with Gasteiger partial charge in [0.25, 0.3) is 0 Å². The second-order valence-electron chi connectivity index (χ2n) is 2.95. The van der Waals surface area contributed by atoms with Gasteiger partial charge in [-0.05, 0) is 31.6 Å². The van der Waals surface area contributed by atoms with Gasteiger partial charge in [-0.1, -0.05) is 24.3 Å². The summed E-state index contributed by atoms with van der Waals surface area (Å²) in [5.41, 5.74) is 1.22. The minimum atomic E-state index is -0.423. The highest BCUT2D eigenvalue weighted by Gasteiger charge is 1.98. The lowest BCUT2D eigenvalue weighted by atomic mass is 10.3. The lowest BCUT2D eigenvalue weighted by Crippen LogP contribution is -1.88. The number of nitrogens with zero attached hydrogens (tertiary/aromatic N) is 1. The standard InChI is InChI=1S/C12H14FNS/c1-3-6-10(4-2)9-15-12-8-5-7-11(13)14-12/h3-8H,9H2,1-2H3/b6-3-,10-4+. The topological polar surface area (TPSA) is 12.9 Å². The Bertz CT molecular complexity index is 372. The Morgan fingerprint density at radius 3 is 2.87 bits per heavy atom. The first-order valence-electron chi connectivity index (χ1n) is 4.79. The van der Waals surface area contributed by atoms with Crippen molar-refractivity contribution >= 4 is 11.8 Å². The summed E-state index contributed by atoms with van der Waals surface area (Å²) in [6.45, 7) is 3.98. The molecule has 0 atom stereocenters. The molecule has 0 aliphatic rings. The summed E-state index contributed by atoms with van der Waals surface area (Å²) in [6, 6.07) is 4.85. The Balaban J connectivity index is 2.57. The van der Waals surface area contributed by atoms with E-state index in [0.717, 1.165) is 10.8 Å². The highest BCUT2D eigenvalue weighted by Crippen LogP contribution is 2.18. The molecule has 0 aliphatic heterocycles. The molecule has 3 heteroatoms. The highest BCUT2D eigenvalue weighted by atomic mass is 32.2. The van der Waals surface area contributed by atoms with E-state index in [0.29, 0.717) is 0 Å². The molecule has 0 fully saturated rings. The largest absolute Gasteiger partial charge is 0.213 e. The normalized spacial score (nSPS) is 12.3. The van der Waals surface area contributed by atoms with Crippen LogP contribution in [-0.4, -0.2) is 10.7 Å². The van der Waals surface area contributed by atoms with Gasteiger partial charge in [-0.3, -0.25) is 0 Å².